The molecule has 0 spiro atoms. The van der Waals surface area contributed by atoms with Crippen LogP contribution in [0.5, 0.6) is 0 Å². The molecule has 0 aromatic carbocycles. The van der Waals surface area contributed by atoms with Gasteiger partial charge < -0.3 is 14.4 Å². The van der Waals surface area contributed by atoms with Crippen molar-refractivity contribution in [1.29, 1.82) is 0 Å². The van der Waals surface area contributed by atoms with Gasteiger partial charge in [-0.15, -0.1) is 0 Å². The van der Waals surface area contributed by atoms with Crippen LogP contribution in [0.25, 0.3) is 0 Å². The second-order valence-corrected chi connectivity index (χ2v) is 4.29. The number of likely N-dealkylation sites (tertiary alicyclic amines) is 1. The number of carboxylic acid groups (broad SMARTS) is 1. The van der Waals surface area contributed by atoms with Crippen LogP contribution in [0.15, 0.2) is 16.7 Å². The van der Waals surface area contributed by atoms with Crippen molar-refractivity contribution in [2.45, 2.75) is 19.8 Å². The summed E-state index contributed by atoms with van der Waals surface area (Å²) < 4.78 is 5.20. The Kier molecular flexibility index (Phi) is 3.17. The first-order chi connectivity index (χ1) is 8.11. The molecule has 0 aliphatic carbocycles. The number of hydrogen-bond acceptors (Lipinski definition) is 3. The third kappa shape index (κ3) is 2.33. The highest BCUT2D eigenvalue weighted by atomic mass is 16.4. The zero-order valence-electron chi connectivity index (χ0n) is 9.68. The summed E-state index contributed by atoms with van der Waals surface area (Å²) in [5.41, 5.74) is 0.598. The minimum absolute atomic E-state index is 0.0581. The molecule has 0 radical (unpaired) electrons. The lowest BCUT2D eigenvalue weighted by molar-refractivity contribution is -0.139. The second kappa shape index (κ2) is 4.61. The van der Waals surface area contributed by atoms with Crippen molar-refractivity contribution in [3.63, 3.8) is 0 Å². The number of amides is 1. The molecule has 0 saturated carbocycles. The summed E-state index contributed by atoms with van der Waals surface area (Å²) in [5, 5.41) is 8.62. The first-order valence-electron chi connectivity index (χ1n) is 5.69. The number of nitrogens with zero attached hydrogens (tertiary/aromatic N) is 1. The van der Waals surface area contributed by atoms with Gasteiger partial charge in [-0.25, -0.2) is 0 Å². The summed E-state index contributed by atoms with van der Waals surface area (Å²) in [4.78, 5) is 24.2. The molecular formula is C12H15NO4. The van der Waals surface area contributed by atoms with E-state index >= 15 is 0 Å². The Bertz CT molecular complexity index is 431. The zero-order chi connectivity index (χ0) is 12.4. The van der Waals surface area contributed by atoms with Gasteiger partial charge in [0.05, 0.1) is 18.2 Å². The second-order valence-electron chi connectivity index (χ2n) is 4.29. The molecule has 5 nitrogen and oxygen atoms in total. The summed E-state index contributed by atoms with van der Waals surface area (Å²) >= 11 is 0. The monoisotopic (exact) mass is 237 g/mol. The van der Waals surface area contributed by atoms with E-state index in [-0.39, 0.29) is 18.2 Å². The molecule has 0 unspecified atom stereocenters. The molecule has 1 aliphatic heterocycles. The van der Waals surface area contributed by atoms with Gasteiger partial charge in [-0.05, 0) is 6.07 Å². The Hall–Kier alpha value is -1.78. The van der Waals surface area contributed by atoms with Crippen molar-refractivity contribution in [2.24, 2.45) is 5.92 Å². The van der Waals surface area contributed by atoms with Crippen molar-refractivity contribution in [2.75, 3.05) is 13.1 Å². The highest BCUT2D eigenvalue weighted by Gasteiger charge is 2.33. The average molecular weight is 237 g/mol. The van der Waals surface area contributed by atoms with Crippen LogP contribution in [0.1, 0.15) is 29.5 Å². The molecule has 5 heteroatoms. The van der Waals surface area contributed by atoms with Crippen LogP contribution in [-0.4, -0.2) is 35.0 Å². The van der Waals surface area contributed by atoms with E-state index in [4.69, 9.17) is 9.52 Å². The largest absolute Gasteiger partial charge is 0.481 e. The normalized spacial score (nSPS) is 15.7. The fourth-order valence-electron chi connectivity index (χ4n) is 2.09. The van der Waals surface area contributed by atoms with Crippen LogP contribution in [-0.2, 0) is 11.2 Å². The highest BCUT2D eigenvalue weighted by Crippen LogP contribution is 2.23. The maximum absolute atomic E-state index is 12.0. The van der Waals surface area contributed by atoms with Gasteiger partial charge in [0.1, 0.15) is 5.76 Å². The van der Waals surface area contributed by atoms with Crippen LogP contribution in [0.2, 0.25) is 0 Å². The molecular weight excluding hydrogens is 222 g/mol. The molecule has 0 bridgehead atoms. The van der Waals surface area contributed by atoms with Crippen LogP contribution in [0.3, 0.4) is 0 Å². The van der Waals surface area contributed by atoms with E-state index in [0.717, 1.165) is 0 Å². The molecule has 1 amide bonds. The number of hydrogen-bond donors (Lipinski definition) is 1. The van der Waals surface area contributed by atoms with Gasteiger partial charge in [0.25, 0.3) is 5.91 Å². The number of furan rings is 1. The fraction of sp³-hybridized carbons (Fsp3) is 0.500. The summed E-state index contributed by atoms with van der Waals surface area (Å²) in [6, 6.07) is 1.67. The maximum atomic E-state index is 12.0. The van der Waals surface area contributed by atoms with Crippen LogP contribution >= 0.6 is 0 Å². The molecule has 2 rings (SSSR count). The zero-order valence-corrected chi connectivity index (χ0v) is 9.68. The van der Waals surface area contributed by atoms with Crippen molar-refractivity contribution >= 4 is 11.9 Å². The smallest absolute Gasteiger partial charge is 0.303 e. The van der Waals surface area contributed by atoms with Crippen molar-refractivity contribution in [3.05, 3.63) is 23.7 Å². The minimum atomic E-state index is -0.806. The molecule has 1 fully saturated rings. The molecule has 1 saturated heterocycles. The van der Waals surface area contributed by atoms with E-state index in [9.17, 15) is 9.59 Å². The Morgan fingerprint density at radius 1 is 1.53 bits per heavy atom. The number of aryl methyl sites for hydroxylation is 1. The number of carbonyl (C=O) groups is 2. The third-order valence-electron chi connectivity index (χ3n) is 3.00. The molecule has 0 atom stereocenters. The highest BCUT2D eigenvalue weighted by molar-refractivity contribution is 5.95. The molecule has 1 aliphatic rings. The predicted octanol–water partition coefficient (Wildman–Crippen LogP) is 1.39. The standard InChI is InChI=1S/C12H15NO4/c1-2-10-9(3-4-17-10)12(16)13-6-8(7-13)5-11(14)15/h3-4,8H,2,5-7H2,1H3,(H,14,15). The maximum Gasteiger partial charge on any atom is 0.303 e. The summed E-state index contributed by atoms with van der Waals surface area (Å²) in [5.74, 6) is -0.0815. The van der Waals surface area contributed by atoms with Crippen LogP contribution in [0, 0.1) is 5.92 Å². The lowest BCUT2D eigenvalue weighted by Gasteiger charge is -2.38. The number of aliphatic carboxylic acids is 1. The van der Waals surface area contributed by atoms with Gasteiger partial charge >= 0.3 is 5.97 Å². The lowest BCUT2D eigenvalue weighted by Crippen LogP contribution is -2.50. The molecule has 92 valence electrons. The van der Waals surface area contributed by atoms with Crippen molar-refractivity contribution in [3.8, 4) is 0 Å². The van der Waals surface area contributed by atoms with E-state index in [2.05, 4.69) is 0 Å². The Labute approximate surface area is 99.0 Å². The molecule has 17 heavy (non-hydrogen) atoms. The SMILES string of the molecule is CCc1occc1C(=O)N1CC(CC(=O)O)C1. The molecule has 1 aromatic heterocycles. The summed E-state index contributed by atoms with van der Waals surface area (Å²) in [6.45, 7) is 2.98. The first kappa shape index (κ1) is 11.7. The number of carbonyl (C=O) groups excluding carboxylic acids is 1. The average Bonchev–Trinajstić information content (AvgIpc) is 2.69. The Balaban J connectivity index is 1.93. The Morgan fingerprint density at radius 2 is 2.24 bits per heavy atom. The molecule has 1 aromatic rings. The van der Waals surface area contributed by atoms with Gasteiger partial charge in [0.15, 0.2) is 0 Å². The first-order valence-corrected chi connectivity index (χ1v) is 5.69. The molecule has 2 heterocycles. The summed E-state index contributed by atoms with van der Waals surface area (Å²) in [6.07, 6.45) is 2.33. The fourth-order valence-corrected chi connectivity index (χ4v) is 2.09. The Morgan fingerprint density at radius 3 is 2.82 bits per heavy atom. The van der Waals surface area contributed by atoms with Gasteiger partial charge in [0, 0.05) is 25.4 Å². The van der Waals surface area contributed by atoms with E-state index in [0.29, 0.717) is 30.8 Å². The number of rotatable bonds is 4. The van der Waals surface area contributed by atoms with Crippen molar-refractivity contribution < 1.29 is 19.1 Å². The quantitative estimate of drug-likeness (QED) is 0.859. The lowest BCUT2D eigenvalue weighted by atomic mass is 9.95. The molecule has 1 N–H and O–H groups in total. The van der Waals surface area contributed by atoms with Gasteiger partial charge in [0.2, 0.25) is 0 Å². The van der Waals surface area contributed by atoms with Gasteiger partial charge in [-0.1, -0.05) is 6.92 Å². The van der Waals surface area contributed by atoms with Gasteiger partial charge in [-0.2, -0.15) is 0 Å². The van der Waals surface area contributed by atoms with Crippen LogP contribution in [0.4, 0.5) is 0 Å². The summed E-state index contributed by atoms with van der Waals surface area (Å²) in [7, 11) is 0. The van der Waals surface area contributed by atoms with Crippen molar-refractivity contribution in [1.82, 2.24) is 4.90 Å². The van der Waals surface area contributed by atoms with Crippen LogP contribution < -0.4 is 0 Å². The topological polar surface area (TPSA) is 70.8 Å². The predicted molar refractivity (Wildman–Crippen MR) is 59.7 cm³/mol. The number of carboxylic acids is 1. The minimum Gasteiger partial charge on any atom is -0.481 e. The van der Waals surface area contributed by atoms with E-state index < -0.39 is 5.97 Å². The van der Waals surface area contributed by atoms with E-state index in [1.165, 1.54) is 6.26 Å². The van der Waals surface area contributed by atoms with Gasteiger partial charge in [-0.3, -0.25) is 9.59 Å². The third-order valence-corrected chi connectivity index (χ3v) is 3.00. The van der Waals surface area contributed by atoms with E-state index in [1.807, 2.05) is 6.92 Å². The van der Waals surface area contributed by atoms with E-state index in [1.54, 1.807) is 11.0 Å².